The standard InChI is InChI=1S/C7H6O2.C3H4O2/c1-2-4-7-6(3-1)8-5-9-7;1-2-5-3-4-1/h1-4H,5H2;1-2H,3H2. The van der Waals surface area contributed by atoms with Crippen LogP contribution in [0.2, 0.25) is 0 Å². The highest BCUT2D eigenvalue weighted by molar-refractivity contribution is 5.40. The first kappa shape index (κ1) is 8.74. The first-order valence-corrected chi connectivity index (χ1v) is 4.20. The summed E-state index contributed by atoms with van der Waals surface area (Å²) in [4.78, 5) is 0. The smallest absolute Gasteiger partial charge is 0.231 e. The number of fused-ring (bicyclic) bond motifs is 1. The molecule has 0 spiro atoms. The second-order valence-electron chi connectivity index (χ2n) is 2.58. The topological polar surface area (TPSA) is 36.9 Å². The van der Waals surface area contributed by atoms with Gasteiger partial charge >= 0.3 is 0 Å². The lowest BCUT2D eigenvalue weighted by Crippen LogP contribution is -1.92. The van der Waals surface area contributed by atoms with Crippen molar-refractivity contribution in [2.75, 3.05) is 13.6 Å². The van der Waals surface area contributed by atoms with Crippen molar-refractivity contribution >= 4 is 0 Å². The third-order valence-electron chi connectivity index (χ3n) is 1.66. The van der Waals surface area contributed by atoms with Gasteiger partial charge in [-0.25, -0.2) is 0 Å². The maximum Gasteiger partial charge on any atom is 0.231 e. The highest BCUT2D eigenvalue weighted by Crippen LogP contribution is 2.30. The first-order chi connectivity index (χ1) is 6.97. The third kappa shape index (κ3) is 2.10. The van der Waals surface area contributed by atoms with Gasteiger partial charge in [0.1, 0.15) is 12.5 Å². The molecule has 4 heteroatoms. The Morgan fingerprint density at radius 2 is 1.36 bits per heavy atom. The molecule has 3 rings (SSSR count). The lowest BCUT2D eigenvalue weighted by Gasteiger charge is -1.89. The van der Waals surface area contributed by atoms with E-state index >= 15 is 0 Å². The van der Waals surface area contributed by atoms with E-state index in [2.05, 4.69) is 9.47 Å². The average molecular weight is 194 g/mol. The van der Waals surface area contributed by atoms with Crippen LogP contribution in [0.1, 0.15) is 0 Å². The number of benzene rings is 1. The van der Waals surface area contributed by atoms with E-state index in [4.69, 9.17) is 9.47 Å². The van der Waals surface area contributed by atoms with Crippen molar-refractivity contribution in [3.05, 3.63) is 36.8 Å². The highest BCUT2D eigenvalue weighted by Gasteiger charge is 2.09. The summed E-state index contributed by atoms with van der Waals surface area (Å²) in [5, 5.41) is 0. The Bertz CT molecular complexity index is 293. The van der Waals surface area contributed by atoms with Gasteiger partial charge in [-0.3, -0.25) is 0 Å². The normalized spacial score (nSPS) is 15.1. The molecule has 1 aromatic carbocycles. The molecule has 2 heterocycles. The molecular formula is C10H10O4. The minimum Gasteiger partial charge on any atom is -0.462 e. The quantitative estimate of drug-likeness (QED) is 0.631. The monoisotopic (exact) mass is 194 g/mol. The van der Waals surface area contributed by atoms with Gasteiger partial charge in [0.05, 0.1) is 0 Å². The van der Waals surface area contributed by atoms with Gasteiger partial charge in [0.25, 0.3) is 0 Å². The Balaban J connectivity index is 0.000000128. The van der Waals surface area contributed by atoms with Crippen molar-refractivity contribution in [1.82, 2.24) is 0 Å². The zero-order valence-corrected chi connectivity index (χ0v) is 7.51. The Morgan fingerprint density at radius 3 is 1.79 bits per heavy atom. The molecule has 0 fully saturated rings. The number of rotatable bonds is 0. The van der Waals surface area contributed by atoms with Crippen LogP contribution in [0.3, 0.4) is 0 Å². The summed E-state index contributed by atoms with van der Waals surface area (Å²) in [6.07, 6.45) is 3.03. The second-order valence-corrected chi connectivity index (χ2v) is 2.58. The summed E-state index contributed by atoms with van der Waals surface area (Å²) in [5.74, 6) is 1.69. The molecule has 2 aliphatic rings. The zero-order valence-electron chi connectivity index (χ0n) is 7.51. The Morgan fingerprint density at radius 1 is 0.786 bits per heavy atom. The van der Waals surface area contributed by atoms with Crippen LogP contribution in [-0.4, -0.2) is 13.6 Å². The molecule has 1 aromatic rings. The minimum absolute atomic E-state index is 0.360. The molecule has 0 saturated heterocycles. The summed E-state index contributed by atoms with van der Waals surface area (Å²) >= 11 is 0. The highest BCUT2D eigenvalue weighted by atomic mass is 16.7. The van der Waals surface area contributed by atoms with Gasteiger partial charge in [-0.2, -0.15) is 0 Å². The molecule has 0 N–H and O–H groups in total. The van der Waals surface area contributed by atoms with Crippen molar-refractivity contribution in [2.24, 2.45) is 0 Å². The summed E-state index contributed by atoms with van der Waals surface area (Å²) in [6.45, 7) is 0.749. The molecule has 2 aliphatic heterocycles. The van der Waals surface area contributed by atoms with Gasteiger partial charge in [-0.05, 0) is 12.1 Å². The van der Waals surface area contributed by atoms with Gasteiger partial charge in [0.2, 0.25) is 13.6 Å². The molecule has 0 aromatic heterocycles. The summed E-state index contributed by atoms with van der Waals surface area (Å²) in [7, 11) is 0. The van der Waals surface area contributed by atoms with E-state index in [1.54, 1.807) is 0 Å². The fourth-order valence-electron chi connectivity index (χ4n) is 1.04. The fourth-order valence-corrected chi connectivity index (χ4v) is 1.04. The molecular weight excluding hydrogens is 184 g/mol. The summed E-state index contributed by atoms with van der Waals surface area (Å²) in [6, 6.07) is 7.63. The second kappa shape index (κ2) is 4.41. The number of ether oxygens (including phenoxy) is 4. The van der Waals surface area contributed by atoms with Crippen LogP contribution in [0, 0.1) is 0 Å². The van der Waals surface area contributed by atoms with E-state index in [1.807, 2.05) is 24.3 Å². The van der Waals surface area contributed by atoms with Gasteiger partial charge in [0, 0.05) is 0 Å². The van der Waals surface area contributed by atoms with Crippen molar-refractivity contribution in [3.63, 3.8) is 0 Å². The lowest BCUT2D eigenvalue weighted by molar-refractivity contribution is 0.0920. The van der Waals surface area contributed by atoms with Gasteiger partial charge in [-0.15, -0.1) is 0 Å². The van der Waals surface area contributed by atoms with E-state index in [1.165, 1.54) is 12.5 Å². The SMILES string of the molecule is C1=COCO1.c1ccc2c(c1)OCO2. The minimum atomic E-state index is 0.360. The molecule has 0 bridgehead atoms. The van der Waals surface area contributed by atoms with E-state index < -0.39 is 0 Å². The number of para-hydroxylation sites is 2. The van der Waals surface area contributed by atoms with E-state index in [9.17, 15) is 0 Å². The molecule has 14 heavy (non-hydrogen) atoms. The van der Waals surface area contributed by atoms with Crippen LogP contribution in [-0.2, 0) is 9.47 Å². The molecule has 74 valence electrons. The van der Waals surface area contributed by atoms with Crippen LogP contribution in [0.4, 0.5) is 0 Å². The van der Waals surface area contributed by atoms with Crippen LogP contribution < -0.4 is 9.47 Å². The number of hydrogen-bond acceptors (Lipinski definition) is 4. The summed E-state index contributed by atoms with van der Waals surface area (Å²) < 4.78 is 19.2. The number of hydrogen-bond donors (Lipinski definition) is 0. The van der Waals surface area contributed by atoms with Crippen LogP contribution >= 0.6 is 0 Å². The molecule has 0 radical (unpaired) electrons. The molecule has 0 atom stereocenters. The largest absolute Gasteiger partial charge is 0.462 e. The lowest BCUT2D eigenvalue weighted by atomic mass is 10.3. The molecule has 0 unspecified atom stereocenters. The van der Waals surface area contributed by atoms with E-state index in [0.717, 1.165) is 11.5 Å². The van der Waals surface area contributed by atoms with Crippen molar-refractivity contribution in [3.8, 4) is 11.5 Å². The molecule has 4 nitrogen and oxygen atoms in total. The molecule has 0 saturated carbocycles. The average Bonchev–Trinajstić information content (AvgIpc) is 2.92. The summed E-state index contributed by atoms with van der Waals surface area (Å²) in [5.41, 5.74) is 0. The van der Waals surface area contributed by atoms with Gasteiger partial charge in [-0.1, -0.05) is 12.1 Å². The maximum atomic E-state index is 5.08. The van der Waals surface area contributed by atoms with Crippen molar-refractivity contribution in [1.29, 1.82) is 0 Å². The van der Waals surface area contributed by atoms with Crippen molar-refractivity contribution in [2.45, 2.75) is 0 Å². The Kier molecular flexibility index (Phi) is 2.76. The Hall–Kier alpha value is -1.84. The van der Waals surface area contributed by atoms with Crippen molar-refractivity contribution < 1.29 is 18.9 Å². The zero-order chi connectivity index (χ0) is 9.64. The Labute approximate surface area is 81.6 Å². The van der Waals surface area contributed by atoms with E-state index in [-0.39, 0.29) is 0 Å². The van der Waals surface area contributed by atoms with Crippen LogP contribution in [0.15, 0.2) is 36.8 Å². The van der Waals surface area contributed by atoms with Crippen LogP contribution in [0.25, 0.3) is 0 Å². The fraction of sp³-hybridized carbons (Fsp3) is 0.200. The molecule has 0 aliphatic carbocycles. The maximum absolute atomic E-state index is 5.08. The first-order valence-electron chi connectivity index (χ1n) is 4.20. The third-order valence-corrected chi connectivity index (χ3v) is 1.66. The van der Waals surface area contributed by atoms with Gasteiger partial charge < -0.3 is 18.9 Å². The predicted octanol–water partition coefficient (Wildman–Crippen LogP) is 1.88. The molecule has 0 amide bonds. The van der Waals surface area contributed by atoms with E-state index in [0.29, 0.717) is 13.6 Å². The van der Waals surface area contributed by atoms with Crippen LogP contribution in [0.5, 0.6) is 11.5 Å². The van der Waals surface area contributed by atoms with Gasteiger partial charge in [0.15, 0.2) is 11.5 Å². The predicted molar refractivity (Wildman–Crippen MR) is 48.7 cm³/mol.